The van der Waals surface area contributed by atoms with Crippen molar-refractivity contribution in [2.24, 2.45) is 0 Å². The Labute approximate surface area is 121 Å². The SMILES string of the molecule is Cc1cc(CNC(=O)c2cscn2)ccc1S(C)(=O)=O. The van der Waals surface area contributed by atoms with Gasteiger partial charge >= 0.3 is 0 Å². The monoisotopic (exact) mass is 310 g/mol. The van der Waals surface area contributed by atoms with E-state index in [1.165, 1.54) is 17.6 Å². The second-order valence-electron chi connectivity index (χ2n) is 4.43. The van der Waals surface area contributed by atoms with Crippen LogP contribution in [-0.2, 0) is 16.4 Å². The zero-order valence-corrected chi connectivity index (χ0v) is 12.7. The lowest BCUT2D eigenvalue weighted by Gasteiger charge is -2.08. The molecule has 0 unspecified atom stereocenters. The van der Waals surface area contributed by atoms with Gasteiger partial charge in [0.15, 0.2) is 9.84 Å². The van der Waals surface area contributed by atoms with Gasteiger partial charge in [0.25, 0.3) is 5.91 Å². The zero-order valence-electron chi connectivity index (χ0n) is 11.1. The Balaban J connectivity index is 2.08. The smallest absolute Gasteiger partial charge is 0.271 e. The van der Waals surface area contributed by atoms with Crippen LogP contribution < -0.4 is 5.32 Å². The van der Waals surface area contributed by atoms with Crippen molar-refractivity contribution in [1.29, 1.82) is 0 Å². The second kappa shape index (κ2) is 5.72. The highest BCUT2D eigenvalue weighted by Gasteiger charge is 2.11. The summed E-state index contributed by atoms with van der Waals surface area (Å²) in [6.45, 7) is 2.07. The summed E-state index contributed by atoms with van der Waals surface area (Å²) in [5, 5.41) is 4.42. The Morgan fingerprint density at radius 1 is 1.40 bits per heavy atom. The molecule has 0 bridgehead atoms. The summed E-state index contributed by atoms with van der Waals surface area (Å²) in [6.07, 6.45) is 1.18. The Hall–Kier alpha value is -1.73. The molecule has 1 aromatic heterocycles. The van der Waals surface area contributed by atoms with Crippen LogP contribution in [-0.4, -0.2) is 25.6 Å². The van der Waals surface area contributed by atoms with E-state index in [0.717, 1.165) is 5.56 Å². The van der Waals surface area contributed by atoms with E-state index in [1.807, 2.05) is 0 Å². The van der Waals surface area contributed by atoms with Gasteiger partial charge < -0.3 is 5.32 Å². The molecule has 2 aromatic rings. The number of hydrogen-bond donors (Lipinski definition) is 1. The lowest BCUT2D eigenvalue weighted by molar-refractivity contribution is 0.0946. The Kier molecular flexibility index (Phi) is 4.20. The van der Waals surface area contributed by atoms with Crippen LogP contribution in [0.25, 0.3) is 0 Å². The molecule has 106 valence electrons. The van der Waals surface area contributed by atoms with Gasteiger partial charge in [0.1, 0.15) is 5.69 Å². The molecule has 7 heteroatoms. The average Bonchev–Trinajstić information content (AvgIpc) is 2.88. The van der Waals surface area contributed by atoms with Gasteiger partial charge in [-0.1, -0.05) is 12.1 Å². The van der Waals surface area contributed by atoms with Gasteiger partial charge in [0, 0.05) is 18.2 Å². The van der Waals surface area contributed by atoms with Gasteiger partial charge in [-0.2, -0.15) is 0 Å². The molecule has 0 saturated carbocycles. The lowest BCUT2D eigenvalue weighted by Crippen LogP contribution is -2.23. The summed E-state index contributed by atoms with van der Waals surface area (Å²) >= 11 is 1.36. The fraction of sp³-hybridized carbons (Fsp3) is 0.231. The predicted molar refractivity (Wildman–Crippen MR) is 77.6 cm³/mol. The van der Waals surface area contributed by atoms with Crippen molar-refractivity contribution in [2.75, 3.05) is 6.26 Å². The summed E-state index contributed by atoms with van der Waals surface area (Å²) in [4.78, 5) is 16.0. The zero-order chi connectivity index (χ0) is 14.8. The first-order chi connectivity index (χ1) is 9.38. The number of nitrogens with zero attached hydrogens (tertiary/aromatic N) is 1. The lowest BCUT2D eigenvalue weighted by atomic mass is 10.1. The molecule has 0 aliphatic carbocycles. The van der Waals surface area contributed by atoms with Gasteiger partial charge in [-0.15, -0.1) is 11.3 Å². The molecule has 0 aliphatic heterocycles. The van der Waals surface area contributed by atoms with Crippen molar-refractivity contribution in [3.63, 3.8) is 0 Å². The Bertz CT molecular complexity index is 722. The van der Waals surface area contributed by atoms with Crippen LogP contribution >= 0.6 is 11.3 Å². The van der Waals surface area contributed by atoms with E-state index in [0.29, 0.717) is 22.7 Å². The van der Waals surface area contributed by atoms with E-state index in [9.17, 15) is 13.2 Å². The van der Waals surface area contributed by atoms with Crippen molar-refractivity contribution >= 4 is 27.1 Å². The highest BCUT2D eigenvalue weighted by Crippen LogP contribution is 2.16. The third-order valence-electron chi connectivity index (χ3n) is 2.76. The van der Waals surface area contributed by atoms with E-state index in [2.05, 4.69) is 10.3 Å². The number of rotatable bonds is 4. The number of benzene rings is 1. The van der Waals surface area contributed by atoms with E-state index in [1.54, 1.807) is 36.0 Å². The summed E-state index contributed by atoms with van der Waals surface area (Å²) in [5.41, 5.74) is 3.51. The highest BCUT2D eigenvalue weighted by molar-refractivity contribution is 7.90. The molecule has 0 atom stereocenters. The first kappa shape index (κ1) is 14.7. The van der Waals surface area contributed by atoms with Crippen molar-refractivity contribution in [2.45, 2.75) is 18.4 Å². The van der Waals surface area contributed by atoms with Gasteiger partial charge in [-0.05, 0) is 24.1 Å². The Morgan fingerprint density at radius 2 is 2.15 bits per heavy atom. The number of sulfone groups is 1. The number of aryl methyl sites for hydroxylation is 1. The molecular formula is C13H14N2O3S2. The van der Waals surface area contributed by atoms with Crippen LogP contribution in [0.4, 0.5) is 0 Å². The maximum Gasteiger partial charge on any atom is 0.271 e. The maximum atomic E-state index is 11.7. The molecule has 1 heterocycles. The molecule has 0 radical (unpaired) electrons. The summed E-state index contributed by atoms with van der Waals surface area (Å²) in [5.74, 6) is -0.240. The largest absolute Gasteiger partial charge is 0.347 e. The molecule has 0 aliphatic rings. The van der Waals surface area contributed by atoms with Crippen LogP contribution in [0, 0.1) is 6.92 Å². The third-order valence-corrected chi connectivity index (χ3v) is 4.60. The fourth-order valence-corrected chi connectivity index (χ4v) is 3.33. The molecule has 2 rings (SSSR count). The first-order valence-electron chi connectivity index (χ1n) is 5.84. The number of amides is 1. The van der Waals surface area contributed by atoms with Gasteiger partial charge in [-0.25, -0.2) is 13.4 Å². The summed E-state index contributed by atoms with van der Waals surface area (Å²) in [7, 11) is -3.21. The van der Waals surface area contributed by atoms with Crippen molar-refractivity contribution in [3.8, 4) is 0 Å². The van der Waals surface area contributed by atoms with Crippen molar-refractivity contribution in [1.82, 2.24) is 10.3 Å². The van der Waals surface area contributed by atoms with Crippen molar-refractivity contribution < 1.29 is 13.2 Å². The fourth-order valence-electron chi connectivity index (χ4n) is 1.84. The molecule has 5 nitrogen and oxygen atoms in total. The molecule has 1 amide bonds. The van der Waals surface area contributed by atoms with Crippen LogP contribution in [0.1, 0.15) is 21.6 Å². The Morgan fingerprint density at radius 3 is 2.70 bits per heavy atom. The minimum absolute atomic E-state index is 0.240. The number of thiazole rings is 1. The number of nitrogens with one attached hydrogen (secondary N) is 1. The van der Waals surface area contributed by atoms with E-state index in [-0.39, 0.29) is 5.91 Å². The van der Waals surface area contributed by atoms with Gasteiger partial charge in [-0.3, -0.25) is 4.79 Å². The van der Waals surface area contributed by atoms with Crippen LogP contribution in [0.3, 0.4) is 0 Å². The number of aromatic nitrogens is 1. The molecule has 1 N–H and O–H groups in total. The van der Waals surface area contributed by atoms with E-state index >= 15 is 0 Å². The molecule has 1 aromatic carbocycles. The molecule has 0 fully saturated rings. The third kappa shape index (κ3) is 3.43. The van der Waals surface area contributed by atoms with Crippen LogP contribution in [0.15, 0.2) is 34.0 Å². The number of carbonyl (C=O) groups excluding carboxylic acids is 1. The van der Waals surface area contributed by atoms with Crippen LogP contribution in [0.5, 0.6) is 0 Å². The molecular weight excluding hydrogens is 296 g/mol. The molecule has 0 saturated heterocycles. The minimum Gasteiger partial charge on any atom is -0.347 e. The topological polar surface area (TPSA) is 76.1 Å². The summed E-state index contributed by atoms with van der Waals surface area (Å²) in [6, 6.07) is 5.03. The second-order valence-corrected chi connectivity index (χ2v) is 7.13. The predicted octanol–water partition coefficient (Wildman–Crippen LogP) is 1.79. The molecule has 0 spiro atoms. The normalized spacial score (nSPS) is 11.3. The quantitative estimate of drug-likeness (QED) is 0.934. The van der Waals surface area contributed by atoms with E-state index in [4.69, 9.17) is 0 Å². The van der Waals surface area contributed by atoms with E-state index < -0.39 is 9.84 Å². The first-order valence-corrected chi connectivity index (χ1v) is 8.67. The van der Waals surface area contributed by atoms with Gasteiger partial charge in [0.05, 0.1) is 10.4 Å². The standard InChI is InChI=1S/C13H14N2O3S2/c1-9-5-10(3-4-12(9)20(2,17)18)6-14-13(16)11-7-19-8-15-11/h3-5,7-8H,6H2,1-2H3,(H,14,16). The van der Waals surface area contributed by atoms with Crippen molar-refractivity contribution in [3.05, 3.63) is 45.9 Å². The molecule has 20 heavy (non-hydrogen) atoms. The number of hydrogen-bond acceptors (Lipinski definition) is 5. The summed E-state index contributed by atoms with van der Waals surface area (Å²) < 4.78 is 23.0. The highest BCUT2D eigenvalue weighted by atomic mass is 32.2. The van der Waals surface area contributed by atoms with Gasteiger partial charge in [0.2, 0.25) is 0 Å². The maximum absolute atomic E-state index is 11.7. The average molecular weight is 310 g/mol. The minimum atomic E-state index is -3.21. The number of carbonyl (C=O) groups is 1. The van der Waals surface area contributed by atoms with Crippen LogP contribution in [0.2, 0.25) is 0 Å².